The lowest BCUT2D eigenvalue weighted by Gasteiger charge is -2.21. The summed E-state index contributed by atoms with van der Waals surface area (Å²) in [6, 6.07) is 6.03. The molecular weight excluding hydrogens is 262 g/mol. The fraction of sp³-hybridized carbons (Fsp3) is 0.588. The summed E-state index contributed by atoms with van der Waals surface area (Å²) in [5.74, 6) is 1.07. The maximum absolute atomic E-state index is 8.74. The minimum Gasteiger partial charge on any atom is -0.409 e. The predicted molar refractivity (Wildman–Crippen MR) is 86.6 cm³/mol. The van der Waals surface area contributed by atoms with Crippen molar-refractivity contribution in [1.29, 1.82) is 0 Å². The van der Waals surface area contributed by atoms with E-state index in [9.17, 15) is 0 Å². The van der Waals surface area contributed by atoms with Gasteiger partial charge in [0.25, 0.3) is 0 Å². The van der Waals surface area contributed by atoms with Gasteiger partial charge in [-0.25, -0.2) is 0 Å². The molecule has 1 heterocycles. The second kappa shape index (κ2) is 7.46. The van der Waals surface area contributed by atoms with Crippen molar-refractivity contribution in [2.24, 2.45) is 16.8 Å². The minimum atomic E-state index is 0.171. The van der Waals surface area contributed by atoms with E-state index in [2.05, 4.69) is 30.0 Å². The average Bonchev–Trinajstić information content (AvgIpc) is 2.73. The van der Waals surface area contributed by atoms with Gasteiger partial charge in [0.1, 0.15) is 0 Å². The van der Waals surface area contributed by atoms with E-state index in [0.717, 1.165) is 18.0 Å². The zero-order valence-electron chi connectivity index (χ0n) is 13.2. The van der Waals surface area contributed by atoms with Gasteiger partial charge >= 0.3 is 0 Å². The van der Waals surface area contributed by atoms with Crippen molar-refractivity contribution >= 4 is 5.84 Å². The fourth-order valence-corrected chi connectivity index (χ4v) is 3.12. The lowest BCUT2D eigenvalue weighted by atomic mass is 9.98. The van der Waals surface area contributed by atoms with Gasteiger partial charge in [-0.1, -0.05) is 30.6 Å². The molecule has 1 aromatic carbocycles. The monoisotopic (exact) mass is 289 g/mol. The molecule has 1 fully saturated rings. The molecule has 4 nitrogen and oxygen atoms in total. The Labute approximate surface area is 127 Å². The Morgan fingerprint density at radius 3 is 2.86 bits per heavy atom. The van der Waals surface area contributed by atoms with Gasteiger partial charge in [-0.2, -0.15) is 0 Å². The minimum absolute atomic E-state index is 0.171. The van der Waals surface area contributed by atoms with Crippen molar-refractivity contribution in [2.75, 3.05) is 13.1 Å². The highest BCUT2D eigenvalue weighted by Crippen LogP contribution is 2.22. The molecule has 0 aromatic heterocycles. The molecule has 4 heteroatoms. The summed E-state index contributed by atoms with van der Waals surface area (Å²) < 4.78 is 0. The van der Waals surface area contributed by atoms with E-state index < -0.39 is 0 Å². The third kappa shape index (κ3) is 4.21. The van der Waals surface area contributed by atoms with Crippen LogP contribution < -0.4 is 5.73 Å². The molecule has 116 valence electrons. The number of benzene rings is 1. The normalized spacial score (nSPS) is 21.2. The topological polar surface area (TPSA) is 61.8 Å². The third-order valence-corrected chi connectivity index (χ3v) is 4.66. The first-order chi connectivity index (χ1) is 10.1. The fourth-order valence-electron chi connectivity index (χ4n) is 3.12. The summed E-state index contributed by atoms with van der Waals surface area (Å²) in [7, 11) is 0. The first kappa shape index (κ1) is 15.8. The van der Waals surface area contributed by atoms with Crippen LogP contribution in [0.15, 0.2) is 23.4 Å². The number of nitrogens with two attached hydrogens (primary N) is 1. The molecule has 0 amide bonds. The lowest BCUT2D eigenvalue weighted by Crippen LogP contribution is -2.25. The molecular formula is C17H27N3O. The molecule has 0 bridgehead atoms. The van der Waals surface area contributed by atoms with Gasteiger partial charge in [0.05, 0.1) is 0 Å². The highest BCUT2D eigenvalue weighted by Gasteiger charge is 2.16. The Kier molecular flexibility index (Phi) is 5.62. The zero-order valence-corrected chi connectivity index (χ0v) is 13.2. The van der Waals surface area contributed by atoms with Crippen LogP contribution in [0.5, 0.6) is 0 Å². The van der Waals surface area contributed by atoms with E-state index in [0.29, 0.717) is 0 Å². The van der Waals surface area contributed by atoms with Gasteiger partial charge in [0.15, 0.2) is 5.84 Å². The summed E-state index contributed by atoms with van der Waals surface area (Å²) >= 11 is 0. The van der Waals surface area contributed by atoms with Crippen molar-refractivity contribution in [3.05, 3.63) is 34.9 Å². The van der Waals surface area contributed by atoms with Gasteiger partial charge in [0.2, 0.25) is 0 Å². The maximum Gasteiger partial charge on any atom is 0.170 e. The summed E-state index contributed by atoms with van der Waals surface area (Å²) in [5.41, 5.74) is 8.95. The SMILES string of the molecule is CCC1CCCN(Cc2ccc(/C(N)=N/O)cc2C)CC1. The van der Waals surface area contributed by atoms with Crippen LogP contribution in [-0.2, 0) is 6.54 Å². The van der Waals surface area contributed by atoms with Crippen molar-refractivity contribution in [2.45, 2.75) is 46.1 Å². The van der Waals surface area contributed by atoms with E-state index in [1.807, 2.05) is 12.1 Å². The summed E-state index contributed by atoms with van der Waals surface area (Å²) in [5, 5.41) is 11.8. The second-order valence-electron chi connectivity index (χ2n) is 6.11. The Bertz CT molecular complexity index is 499. The number of amidine groups is 1. The van der Waals surface area contributed by atoms with Crippen LogP contribution in [0.4, 0.5) is 0 Å². The lowest BCUT2D eigenvalue weighted by molar-refractivity contribution is 0.271. The first-order valence-corrected chi connectivity index (χ1v) is 7.93. The summed E-state index contributed by atoms with van der Waals surface area (Å²) in [6.07, 6.45) is 5.30. The van der Waals surface area contributed by atoms with Crippen LogP contribution >= 0.6 is 0 Å². The number of hydrogen-bond donors (Lipinski definition) is 2. The van der Waals surface area contributed by atoms with Crippen molar-refractivity contribution in [1.82, 2.24) is 4.90 Å². The first-order valence-electron chi connectivity index (χ1n) is 7.93. The van der Waals surface area contributed by atoms with E-state index in [1.54, 1.807) is 0 Å². The van der Waals surface area contributed by atoms with Crippen LogP contribution in [0.25, 0.3) is 0 Å². The molecule has 3 N–H and O–H groups in total. The van der Waals surface area contributed by atoms with Crippen molar-refractivity contribution < 1.29 is 5.21 Å². The predicted octanol–water partition coefficient (Wildman–Crippen LogP) is 3.10. The zero-order chi connectivity index (χ0) is 15.2. The van der Waals surface area contributed by atoms with Crippen molar-refractivity contribution in [3.63, 3.8) is 0 Å². The largest absolute Gasteiger partial charge is 0.409 e. The molecule has 0 spiro atoms. The summed E-state index contributed by atoms with van der Waals surface area (Å²) in [4.78, 5) is 2.56. The quantitative estimate of drug-likeness (QED) is 0.387. The van der Waals surface area contributed by atoms with E-state index in [1.165, 1.54) is 49.9 Å². The highest BCUT2D eigenvalue weighted by molar-refractivity contribution is 5.97. The van der Waals surface area contributed by atoms with Gasteiger partial charge in [-0.05, 0) is 62.4 Å². The van der Waals surface area contributed by atoms with Crippen LogP contribution in [0.3, 0.4) is 0 Å². The smallest absolute Gasteiger partial charge is 0.170 e. The van der Waals surface area contributed by atoms with Crippen LogP contribution in [0.1, 0.15) is 49.3 Å². The maximum atomic E-state index is 8.74. The molecule has 1 saturated heterocycles. The van der Waals surface area contributed by atoms with Gasteiger partial charge < -0.3 is 10.9 Å². The van der Waals surface area contributed by atoms with Gasteiger partial charge in [0, 0.05) is 12.1 Å². The summed E-state index contributed by atoms with van der Waals surface area (Å²) in [6.45, 7) is 7.78. The number of likely N-dealkylation sites (tertiary alicyclic amines) is 1. The molecule has 0 radical (unpaired) electrons. The van der Waals surface area contributed by atoms with Gasteiger partial charge in [-0.3, -0.25) is 4.90 Å². The van der Waals surface area contributed by atoms with E-state index in [4.69, 9.17) is 10.9 Å². The molecule has 21 heavy (non-hydrogen) atoms. The van der Waals surface area contributed by atoms with E-state index >= 15 is 0 Å². The molecule has 1 unspecified atom stereocenters. The number of aryl methyl sites for hydroxylation is 1. The molecule has 1 aliphatic rings. The van der Waals surface area contributed by atoms with Crippen LogP contribution in [0.2, 0.25) is 0 Å². The molecule has 1 aliphatic heterocycles. The Morgan fingerprint density at radius 2 is 2.19 bits per heavy atom. The van der Waals surface area contributed by atoms with Crippen LogP contribution in [-0.4, -0.2) is 29.0 Å². The molecule has 1 atom stereocenters. The molecule has 2 rings (SSSR count). The average molecular weight is 289 g/mol. The molecule has 0 saturated carbocycles. The third-order valence-electron chi connectivity index (χ3n) is 4.66. The van der Waals surface area contributed by atoms with E-state index in [-0.39, 0.29) is 5.84 Å². The Morgan fingerprint density at radius 1 is 1.38 bits per heavy atom. The number of rotatable bonds is 4. The highest BCUT2D eigenvalue weighted by atomic mass is 16.4. The Hall–Kier alpha value is -1.55. The Balaban J connectivity index is 2.02. The number of nitrogens with zero attached hydrogens (tertiary/aromatic N) is 2. The number of oxime groups is 1. The standard InChI is InChI=1S/C17H27N3O/c1-3-14-5-4-9-20(10-8-14)12-16-7-6-15(11-13(16)2)17(18)19-21/h6-7,11,14,21H,3-5,8-10,12H2,1-2H3,(H2,18,19). The molecule has 0 aliphatic carbocycles. The van der Waals surface area contributed by atoms with Gasteiger partial charge in [-0.15, -0.1) is 0 Å². The van der Waals surface area contributed by atoms with Crippen molar-refractivity contribution in [3.8, 4) is 0 Å². The second-order valence-corrected chi connectivity index (χ2v) is 6.11. The molecule has 1 aromatic rings. The van der Waals surface area contributed by atoms with Crippen LogP contribution in [0, 0.1) is 12.8 Å². The number of hydrogen-bond acceptors (Lipinski definition) is 3.